The average molecular weight is 416 g/mol. The Morgan fingerprint density at radius 2 is 1.93 bits per heavy atom. The van der Waals surface area contributed by atoms with Crippen molar-refractivity contribution in [2.45, 2.75) is 6.18 Å². The van der Waals surface area contributed by atoms with Crippen LogP contribution in [0.5, 0.6) is 5.88 Å². The minimum atomic E-state index is -4.63. The molecule has 3 N–H and O–H groups in total. The highest BCUT2D eigenvalue weighted by Crippen LogP contribution is 2.36. The molecule has 0 saturated carbocycles. The topological polar surface area (TPSA) is 107 Å². The first-order chi connectivity index (χ1) is 14.4. The molecule has 0 fully saturated rings. The summed E-state index contributed by atoms with van der Waals surface area (Å²) in [6, 6.07) is 6.69. The van der Waals surface area contributed by atoms with Gasteiger partial charge in [-0.25, -0.2) is 4.98 Å². The number of nitrogens with zero attached hydrogens (tertiary/aromatic N) is 4. The Kier molecular flexibility index (Phi) is 4.96. The molecular formula is C19H15F3N6O2. The maximum Gasteiger partial charge on any atom is 0.417 e. The molecule has 0 aliphatic heterocycles. The highest BCUT2D eigenvalue weighted by atomic mass is 19.4. The zero-order valence-corrected chi connectivity index (χ0v) is 15.3. The van der Waals surface area contributed by atoms with Gasteiger partial charge in [0.25, 0.3) is 5.91 Å². The number of ether oxygens (including phenoxy) is 1. The summed E-state index contributed by atoms with van der Waals surface area (Å²) < 4.78 is 47.3. The third-order valence-electron chi connectivity index (χ3n) is 4.22. The van der Waals surface area contributed by atoms with Gasteiger partial charge in [0.2, 0.25) is 5.88 Å². The second-order valence-corrected chi connectivity index (χ2v) is 6.26. The van der Waals surface area contributed by atoms with Crippen LogP contribution in [0.4, 0.5) is 18.9 Å². The number of alkyl halides is 3. The lowest BCUT2D eigenvalue weighted by molar-refractivity contribution is -0.136. The SMILES string of the molecule is NCCOc1cc(C(F)(F)F)c2ccc3nc(C(=O)Nc4ccncc4)cn3c2n1. The summed E-state index contributed by atoms with van der Waals surface area (Å²) >= 11 is 0. The van der Waals surface area contributed by atoms with Crippen molar-refractivity contribution in [3.05, 3.63) is 60.2 Å². The number of pyridine rings is 3. The largest absolute Gasteiger partial charge is 0.476 e. The van der Waals surface area contributed by atoms with Crippen LogP contribution < -0.4 is 15.8 Å². The number of hydrogen-bond acceptors (Lipinski definition) is 6. The number of fused-ring (bicyclic) bond motifs is 3. The highest BCUT2D eigenvalue weighted by molar-refractivity contribution is 6.03. The molecular weight excluding hydrogens is 401 g/mol. The maximum absolute atomic E-state index is 13.6. The van der Waals surface area contributed by atoms with E-state index in [0.29, 0.717) is 5.69 Å². The Balaban J connectivity index is 1.83. The van der Waals surface area contributed by atoms with Crippen molar-refractivity contribution in [1.82, 2.24) is 19.4 Å². The molecule has 30 heavy (non-hydrogen) atoms. The van der Waals surface area contributed by atoms with Gasteiger partial charge in [0.1, 0.15) is 23.6 Å². The molecule has 11 heteroatoms. The predicted octanol–water partition coefficient (Wildman–Crippen LogP) is 2.89. The van der Waals surface area contributed by atoms with Crippen molar-refractivity contribution >= 4 is 28.3 Å². The van der Waals surface area contributed by atoms with Crippen molar-refractivity contribution in [3.8, 4) is 5.88 Å². The molecule has 8 nitrogen and oxygen atoms in total. The Morgan fingerprint density at radius 3 is 2.63 bits per heavy atom. The third kappa shape index (κ3) is 3.74. The Labute approximate surface area is 167 Å². The summed E-state index contributed by atoms with van der Waals surface area (Å²) in [5.74, 6) is -0.742. The fourth-order valence-electron chi connectivity index (χ4n) is 2.92. The van der Waals surface area contributed by atoms with Gasteiger partial charge < -0.3 is 15.8 Å². The Bertz CT molecular complexity index is 1220. The molecule has 0 atom stereocenters. The van der Waals surface area contributed by atoms with Crippen LogP contribution in [-0.4, -0.2) is 38.4 Å². The number of nitrogens with two attached hydrogens (primary N) is 1. The minimum absolute atomic E-state index is 0.00922. The Morgan fingerprint density at radius 1 is 1.17 bits per heavy atom. The van der Waals surface area contributed by atoms with Gasteiger partial charge in [0.05, 0.1) is 5.56 Å². The molecule has 0 bridgehead atoms. The number of amides is 1. The number of aromatic nitrogens is 4. The molecule has 0 aliphatic carbocycles. The third-order valence-corrected chi connectivity index (χ3v) is 4.22. The predicted molar refractivity (Wildman–Crippen MR) is 102 cm³/mol. The number of imidazole rings is 1. The normalized spacial score (nSPS) is 11.7. The van der Waals surface area contributed by atoms with Crippen molar-refractivity contribution < 1.29 is 22.7 Å². The number of rotatable bonds is 5. The molecule has 0 spiro atoms. The van der Waals surface area contributed by atoms with Crippen LogP contribution in [0.1, 0.15) is 16.1 Å². The summed E-state index contributed by atoms with van der Waals surface area (Å²) in [7, 11) is 0. The molecule has 4 aromatic heterocycles. The van der Waals surface area contributed by atoms with Crippen LogP contribution in [0, 0.1) is 0 Å². The van der Waals surface area contributed by atoms with Gasteiger partial charge in [-0.3, -0.25) is 14.2 Å². The zero-order chi connectivity index (χ0) is 21.3. The van der Waals surface area contributed by atoms with Gasteiger partial charge in [-0.1, -0.05) is 0 Å². The van der Waals surface area contributed by atoms with E-state index >= 15 is 0 Å². The van der Waals surface area contributed by atoms with Crippen LogP contribution in [0.3, 0.4) is 0 Å². The van der Waals surface area contributed by atoms with Gasteiger partial charge in [0.15, 0.2) is 0 Å². The van der Waals surface area contributed by atoms with E-state index in [0.717, 1.165) is 6.07 Å². The lowest BCUT2D eigenvalue weighted by Crippen LogP contribution is -2.13. The van der Waals surface area contributed by atoms with Gasteiger partial charge in [-0.05, 0) is 24.3 Å². The molecule has 0 aromatic carbocycles. The molecule has 4 rings (SSSR count). The Hall–Kier alpha value is -3.73. The minimum Gasteiger partial charge on any atom is -0.476 e. The van der Waals surface area contributed by atoms with E-state index in [1.807, 2.05) is 0 Å². The first kappa shape index (κ1) is 19.6. The summed E-state index contributed by atoms with van der Waals surface area (Å²) in [6.07, 6.45) is -0.275. The van der Waals surface area contributed by atoms with Crippen LogP contribution >= 0.6 is 0 Å². The van der Waals surface area contributed by atoms with Crippen LogP contribution in [0.15, 0.2) is 48.9 Å². The summed E-state index contributed by atoms with van der Waals surface area (Å²) in [6.45, 7) is 0.130. The summed E-state index contributed by atoms with van der Waals surface area (Å²) in [4.78, 5) is 24.7. The molecule has 0 aliphatic rings. The quantitative estimate of drug-likeness (QED) is 0.518. The van der Waals surface area contributed by atoms with Gasteiger partial charge in [0, 0.05) is 42.3 Å². The molecule has 0 saturated heterocycles. The molecule has 0 unspecified atom stereocenters. The second-order valence-electron chi connectivity index (χ2n) is 6.26. The van der Waals surface area contributed by atoms with E-state index in [1.165, 1.54) is 35.1 Å². The number of nitrogens with one attached hydrogen (secondary N) is 1. The van der Waals surface area contributed by atoms with Crippen LogP contribution in [0.2, 0.25) is 0 Å². The van der Waals surface area contributed by atoms with Crippen LogP contribution in [0.25, 0.3) is 16.7 Å². The lowest BCUT2D eigenvalue weighted by Gasteiger charge is -2.13. The fourth-order valence-corrected chi connectivity index (χ4v) is 2.92. The average Bonchev–Trinajstić information content (AvgIpc) is 3.17. The molecule has 4 heterocycles. The van der Waals surface area contributed by atoms with Gasteiger partial charge in [-0.2, -0.15) is 18.2 Å². The number of anilines is 1. The number of halogens is 3. The van der Waals surface area contributed by atoms with E-state index in [1.54, 1.807) is 12.1 Å². The van der Waals surface area contributed by atoms with Gasteiger partial charge >= 0.3 is 6.18 Å². The summed E-state index contributed by atoms with van der Waals surface area (Å²) in [5, 5.41) is 2.50. The van der Waals surface area contributed by atoms with E-state index < -0.39 is 17.6 Å². The van der Waals surface area contributed by atoms with Crippen LogP contribution in [-0.2, 0) is 6.18 Å². The first-order valence-electron chi connectivity index (χ1n) is 8.81. The lowest BCUT2D eigenvalue weighted by atomic mass is 10.1. The molecule has 4 aromatic rings. The first-order valence-corrected chi connectivity index (χ1v) is 8.81. The second kappa shape index (κ2) is 7.59. The number of carbonyl (C=O) groups is 1. The smallest absolute Gasteiger partial charge is 0.417 e. The highest BCUT2D eigenvalue weighted by Gasteiger charge is 2.34. The fraction of sp³-hybridized carbons (Fsp3) is 0.158. The number of carbonyl (C=O) groups excluding carboxylic acids is 1. The standard InChI is InChI=1S/C19H15F3N6O2/c20-19(21,22)13-9-16(30-8-5-23)27-17-12(13)1-2-15-26-14(10-28(15)17)18(29)25-11-3-6-24-7-4-11/h1-4,6-7,9-10H,5,8,23H2,(H,24,25,29). The van der Waals surface area contributed by atoms with Crippen molar-refractivity contribution in [2.75, 3.05) is 18.5 Å². The van der Waals surface area contributed by atoms with E-state index in [-0.39, 0.29) is 41.4 Å². The maximum atomic E-state index is 13.6. The molecule has 154 valence electrons. The van der Waals surface area contributed by atoms with Crippen molar-refractivity contribution in [3.63, 3.8) is 0 Å². The molecule has 1 amide bonds. The monoisotopic (exact) mass is 416 g/mol. The van der Waals surface area contributed by atoms with Crippen molar-refractivity contribution in [2.24, 2.45) is 5.73 Å². The van der Waals surface area contributed by atoms with E-state index in [9.17, 15) is 18.0 Å². The molecule has 0 radical (unpaired) electrons. The van der Waals surface area contributed by atoms with Gasteiger partial charge in [-0.15, -0.1) is 0 Å². The van der Waals surface area contributed by atoms with Crippen molar-refractivity contribution in [1.29, 1.82) is 0 Å². The number of hydrogen-bond donors (Lipinski definition) is 2. The summed E-state index contributed by atoms with van der Waals surface area (Å²) in [5.41, 5.74) is 5.21. The zero-order valence-electron chi connectivity index (χ0n) is 15.3. The van der Waals surface area contributed by atoms with E-state index in [2.05, 4.69) is 20.3 Å². The van der Waals surface area contributed by atoms with E-state index in [4.69, 9.17) is 10.5 Å².